The SMILES string of the molecule is CCCCN(C)c1ccc(C(C)O)nc1. The smallest absolute Gasteiger partial charge is 0.0931 e. The molecule has 0 saturated heterocycles. The van der Waals surface area contributed by atoms with Crippen LogP contribution in [0.3, 0.4) is 0 Å². The standard InChI is InChI=1S/C12H20N2O/c1-4-5-8-14(3)11-6-7-12(10(2)15)13-9-11/h6-7,9-10,15H,4-5,8H2,1-3H3. The van der Waals surface area contributed by atoms with Crippen molar-refractivity contribution < 1.29 is 5.11 Å². The van der Waals surface area contributed by atoms with Crippen LogP contribution < -0.4 is 4.90 Å². The molecule has 0 amide bonds. The number of unbranched alkanes of at least 4 members (excludes halogenated alkanes) is 1. The number of aliphatic hydroxyl groups is 1. The lowest BCUT2D eigenvalue weighted by Crippen LogP contribution is -2.18. The lowest BCUT2D eigenvalue weighted by atomic mass is 10.2. The lowest BCUT2D eigenvalue weighted by Gasteiger charge is -2.18. The molecule has 1 N–H and O–H groups in total. The van der Waals surface area contributed by atoms with Crippen LogP contribution in [0.1, 0.15) is 38.5 Å². The highest BCUT2D eigenvalue weighted by atomic mass is 16.3. The summed E-state index contributed by atoms with van der Waals surface area (Å²) in [7, 11) is 2.06. The molecule has 0 aliphatic rings. The van der Waals surface area contributed by atoms with Crippen molar-refractivity contribution in [3.63, 3.8) is 0 Å². The number of nitrogens with zero attached hydrogens (tertiary/aromatic N) is 2. The van der Waals surface area contributed by atoms with Crippen molar-refractivity contribution in [1.82, 2.24) is 4.98 Å². The molecule has 1 aromatic heterocycles. The fourth-order valence-corrected chi connectivity index (χ4v) is 1.39. The molecule has 0 spiro atoms. The zero-order valence-corrected chi connectivity index (χ0v) is 9.77. The van der Waals surface area contributed by atoms with E-state index in [1.54, 1.807) is 6.92 Å². The molecule has 84 valence electrons. The lowest BCUT2D eigenvalue weighted by molar-refractivity contribution is 0.194. The van der Waals surface area contributed by atoms with E-state index in [-0.39, 0.29) is 0 Å². The van der Waals surface area contributed by atoms with Gasteiger partial charge in [0.25, 0.3) is 0 Å². The van der Waals surface area contributed by atoms with Crippen molar-refractivity contribution in [2.75, 3.05) is 18.5 Å². The maximum Gasteiger partial charge on any atom is 0.0931 e. The van der Waals surface area contributed by atoms with Gasteiger partial charge in [0.05, 0.1) is 23.7 Å². The third-order valence-corrected chi connectivity index (χ3v) is 2.49. The highest BCUT2D eigenvalue weighted by Gasteiger charge is 2.04. The van der Waals surface area contributed by atoms with Gasteiger partial charge < -0.3 is 10.0 Å². The number of hydrogen-bond acceptors (Lipinski definition) is 3. The fourth-order valence-electron chi connectivity index (χ4n) is 1.39. The van der Waals surface area contributed by atoms with Gasteiger partial charge in [0.2, 0.25) is 0 Å². The second-order valence-electron chi connectivity index (χ2n) is 3.89. The molecule has 3 heteroatoms. The van der Waals surface area contributed by atoms with E-state index in [9.17, 15) is 5.11 Å². The second kappa shape index (κ2) is 5.71. The Balaban J connectivity index is 2.62. The summed E-state index contributed by atoms with van der Waals surface area (Å²) in [6.07, 6.45) is 3.72. The summed E-state index contributed by atoms with van der Waals surface area (Å²) in [5.74, 6) is 0. The molecular weight excluding hydrogens is 188 g/mol. The second-order valence-corrected chi connectivity index (χ2v) is 3.89. The quantitative estimate of drug-likeness (QED) is 0.807. The Morgan fingerprint density at radius 2 is 2.20 bits per heavy atom. The summed E-state index contributed by atoms with van der Waals surface area (Å²) in [6, 6.07) is 3.88. The van der Waals surface area contributed by atoms with Gasteiger partial charge in [-0.1, -0.05) is 13.3 Å². The highest BCUT2D eigenvalue weighted by Crippen LogP contribution is 2.15. The molecule has 1 atom stereocenters. The summed E-state index contributed by atoms with van der Waals surface area (Å²) in [6.45, 7) is 4.96. The van der Waals surface area contributed by atoms with Gasteiger partial charge in [0.1, 0.15) is 0 Å². The monoisotopic (exact) mass is 208 g/mol. The molecule has 1 heterocycles. The van der Waals surface area contributed by atoms with Gasteiger partial charge in [-0.05, 0) is 25.5 Å². The van der Waals surface area contributed by atoms with Crippen molar-refractivity contribution in [2.24, 2.45) is 0 Å². The van der Waals surface area contributed by atoms with Crippen LogP contribution in [-0.4, -0.2) is 23.7 Å². The average Bonchev–Trinajstić information content (AvgIpc) is 2.26. The molecule has 0 bridgehead atoms. The fraction of sp³-hybridized carbons (Fsp3) is 0.583. The number of hydrogen-bond donors (Lipinski definition) is 1. The third-order valence-electron chi connectivity index (χ3n) is 2.49. The molecule has 0 fully saturated rings. The zero-order chi connectivity index (χ0) is 11.3. The first-order valence-corrected chi connectivity index (χ1v) is 5.50. The van der Waals surface area contributed by atoms with E-state index in [0.717, 1.165) is 17.9 Å². The number of aliphatic hydroxyl groups excluding tert-OH is 1. The van der Waals surface area contributed by atoms with Crippen LogP contribution in [-0.2, 0) is 0 Å². The Hall–Kier alpha value is -1.09. The van der Waals surface area contributed by atoms with Crippen LogP contribution in [0.15, 0.2) is 18.3 Å². The van der Waals surface area contributed by atoms with E-state index >= 15 is 0 Å². The first-order valence-electron chi connectivity index (χ1n) is 5.50. The van der Waals surface area contributed by atoms with E-state index in [4.69, 9.17) is 0 Å². The van der Waals surface area contributed by atoms with Crippen LogP contribution in [0.5, 0.6) is 0 Å². The van der Waals surface area contributed by atoms with Crippen LogP contribution >= 0.6 is 0 Å². The van der Waals surface area contributed by atoms with Crippen molar-refractivity contribution in [3.05, 3.63) is 24.0 Å². The molecule has 0 aliphatic heterocycles. The molecule has 0 aromatic carbocycles. The Morgan fingerprint density at radius 1 is 1.47 bits per heavy atom. The third kappa shape index (κ3) is 3.51. The minimum Gasteiger partial charge on any atom is -0.387 e. The number of aromatic nitrogens is 1. The van der Waals surface area contributed by atoms with Crippen LogP contribution in [0.2, 0.25) is 0 Å². The Morgan fingerprint density at radius 3 is 2.67 bits per heavy atom. The molecule has 15 heavy (non-hydrogen) atoms. The molecule has 1 unspecified atom stereocenters. The number of rotatable bonds is 5. The van der Waals surface area contributed by atoms with Gasteiger partial charge in [-0.15, -0.1) is 0 Å². The minimum atomic E-state index is -0.486. The Bertz CT molecular complexity index is 282. The summed E-state index contributed by atoms with van der Waals surface area (Å²) >= 11 is 0. The summed E-state index contributed by atoms with van der Waals surface area (Å²) < 4.78 is 0. The van der Waals surface area contributed by atoms with Crippen molar-refractivity contribution in [2.45, 2.75) is 32.8 Å². The van der Waals surface area contributed by atoms with Crippen molar-refractivity contribution in [3.8, 4) is 0 Å². The largest absolute Gasteiger partial charge is 0.387 e. The maximum atomic E-state index is 9.32. The molecular formula is C12H20N2O. The van der Waals surface area contributed by atoms with E-state index in [1.165, 1.54) is 12.8 Å². The van der Waals surface area contributed by atoms with Crippen molar-refractivity contribution >= 4 is 5.69 Å². The Kier molecular flexibility index (Phi) is 4.56. The average molecular weight is 208 g/mol. The highest BCUT2D eigenvalue weighted by molar-refractivity contribution is 5.43. The maximum absolute atomic E-state index is 9.32. The molecule has 0 aliphatic carbocycles. The summed E-state index contributed by atoms with van der Waals surface area (Å²) in [4.78, 5) is 6.40. The molecule has 0 radical (unpaired) electrons. The summed E-state index contributed by atoms with van der Waals surface area (Å²) in [5, 5.41) is 9.32. The van der Waals surface area contributed by atoms with Gasteiger partial charge in [0.15, 0.2) is 0 Å². The van der Waals surface area contributed by atoms with Crippen LogP contribution in [0.25, 0.3) is 0 Å². The first kappa shape index (κ1) is 12.0. The van der Waals surface area contributed by atoms with Crippen LogP contribution in [0, 0.1) is 0 Å². The van der Waals surface area contributed by atoms with Crippen LogP contribution in [0.4, 0.5) is 5.69 Å². The normalized spacial score (nSPS) is 12.5. The first-order chi connectivity index (χ1) is 7.15. The summed E-state index contributed by atoms with van der Waals surface area (Å²) in [5.41, 5.74) is 1.83. The van der Waals surface area contributed by atoms with Gasteiger partial charge >= 0.3 is 0 Å². The van der Waals surface area contributed by atoms with E-state index < -0.39 is 6.10 Å². The molecule has 3 nitrogen and oxygen atoms in total. The van der Waals surface area contributed by atoms with E-state index in [1.807, 2.05) is 18.3 Å². The topological polar surface area (TPSA) is 36.4 Å². The molecule has 1 rings (SSSR count). The van der Waals surface area contributed by atoms with Gasteiger partial charge in [-0.2, -0.15) is 0 Å². The minimum absolute atomic E-state index is 0.486. The number of pyridine rings is 1. The van der Waals surface area contributed by atoms with E-state index in [0.29, 0.717) is 0 Å². The predicted octanol–water partition coefficient (Wildman–Crippen LogP) is 2.37. The number of anilines is 1. The molecule has 0 saturated carbocycles. The van der Waals surface area contributed by atoms with Gasteiger partial charge in [-0.25, -0.2) is 0 Å². The van der Waals surface area contributed by atoms with E-state index in [2.05, 4.69) is 23.9 Å². The zero-order valence-electron chi connectivity index (χ0n) is 9.77. The molecule has 1 aromatic rings. The Labute approximate surface area is 91.8 Å². The van der Waals surface area contributed by atoms with Gasteiger partial charge in [0, 0.05) is 13.6 Å². The van der Waals surface area contributed by atoms with Gasteiger partial charge in [-0.3, -0.25) is 4.98 Å². The predicted molar refractivity (Wildman–Crippen MR) is 63.0 cm³/mol. The van der Waals surface area contributed by atoms with Crippen molar-refractivity contribution in [1.29, 1.82) is 0 Å².